The van der Waals surface area contributed by atoms with Crippen LogP contribution in [0.2, 0.25) is 0 Å². The van der Waals surface area contributed by atoms with E-state index in [4.69, 9.17) is 9.47 Å². The Hall–Kier alpha value is -1.96. The van der Waals surface area contributed by atoms with Crippen molar-refractivity contribution in [3.63, 3.8) is 0 Å². The van der Waals surface area contributed by atoms with Crippen molar-refractivity contribution in [2.45, 2.75) is 32.1 Å². The summed E-state index contributed by atoms with van der Waals surface area (Å²) in [5.74, 6) is 5.53. The van der Waals surface area contributed by atoms with Crippen molar-refractivity contribution >= 4 is 16.5 Å². The second-order valence-electron chi connectivity index (χ2n) is 8.22. The van der Waals surface area contributed by atoms with Crippen molar-refractivity contribution in [2.24, 2.45) is 23.7 Å². The van der Waals surface area contributed by atoms with E-state index < -0.39 is 0 Å². The van der Waals surface area contributed by atoms with Gasteiger partial charge >= 0.3 is 0 Å². The highest BCUT2D eigenvalue weighted by Crippen LogP contribution is 2.57. The highest BCUT2D eigenvalue weighted by Gasteiger charge is 2.46. The smallest absolute Gasteiger partial charge is 0.125 e. The first kappa shape index (κ1) is 15.3. The third-order valence-corrected chi connectivity index (χ3v) is 6.79. The maximum absolute atomic E-state index is 6.02. The largest absolute Gasteiger partial charge is 0.497 e. The molecule has 0 amide bonds. The van der Waals surface area contributed by atoms with Crippen LogP contribution in [0, 0.1) is 23.7 Å². The van der Waals surface area contributed by atoms with Gasteiger partial charge in [0.1, 0.15) is 11.5 Å². The monoisotopic (exact) mass is 334 g/mol. The molecule has 4 aliphatic carbocycles. The van der Waals surface area contributed by atoms with Gasteiger partial charge in [0.15, 0.2) is 0 Å². The van der Waals surface area contributed by atoms with Gasteiger partial charge in [-0.05, 0) is 90.3 Å². The number of benzene rings is 2. The minimum atomic E-state index is 0.757. The average Bonchev–Trinajstić information content (AvgIpc) is 2.63. The minimum absolute atomic E-state index is 0.757. The van der Waals surface area contributed by atoms with Gasteiger partial charge in [-0.3, -0.25) is 0 Å². The third kappa shape index (κ3) is 2.46. The zero-order valence-electron chi connectivity index (χ0n) is 15.1. The zero-order valence-corrected chi connectivity index (χ0v) is 15.1. The Morgan fingerprint density at radius 1 is 0.800 bits per heavy atom. The zero-order chi connectivity index (χ0) is 17.0. The van der Waals surface area contributed by atoms with E-state index in [9.17, 15) is 0 Å². The molecule has 2 aromatic carbocycles. The number of hydrogen-bond donors (Lipinski definition) is 0. The molecule has 4 bridgehead atoms. The molecule has 4 saturated carbocycles. The van der Waals surface area contributed by atoms with Crippen LogP contribution in [-0.4, -0.2) is 14.2 Å². The number of allylic oxidation sites excluding steroid dienone is 1. The van der Waals surface area contributed by atoms with Gasteiger partial charge in [-0.1, -0.05) is 18.2 Å². The highest BCUT2D eigenvalue weighted by molar-refractivity contribution is 5.87. The first-order valence-electron chi connectivity index (χ1n) is 9.61. The van der Waals surface area contributed by atoms with Gasteiger partial charge in [0.05, 0.1) is 14.2 Å². The van der Waals surface area contributed by atoms with Gasteiger partial charge in [-0.2, -0.15) is 0 Å². The van der Waals surface area contributed by atoms with Gasteiger partial charge < -0.3 is 9.47 Å². The second-order valence-corrected chi connectivity index (χ2v) is 8.22. The maximum Gasteiger partial charge on any atom is 0.125 e. The molecule has 0 aromatic heterocycles. The van der Waals surface area contributed by atoms with Gasteiger partial charge in [0.25, 0.3) is 0 Å². The Balaban J connectivity index is 1.61. The molecule has 6 rings (SSSR count). The van der Waals surface area contributed by atoms with Gasteiger partial charge in [-0.15, -0.1) is 0 Å². The quantitative estimate of drug-likeness (QED) is 0.674. The van der Waals surface area contributed by atoms with Crippen LogP contribution in [-0.2, 0) is 4.74 Å². The van der Waals surface area contributed by atoms with Gasteiger partial charge in [0, 0.05) is 5.56 Å². The molecule has 0 radical (unpaired) electrons. The van der Waals surface area contributed by atoms with E-state index in [1.165, 1.54) is 48.4 Å². The number of hydrogen-bond acceptors (Lipinski definition) is 2. The molecular formula is C23H26O2. The standard InChI is InChI=1S/C23H26O2/c1-24-21-6-5-16-3-4-17(12-18(16)13-21)23(25-2)22-19-8-14-7-15(10-19)11-20(22)9-14/h3-6,12-15,19-20H,7-11H2,1-2H3. The second kappa shape index (κ2) is 5.79. The fraction of sp³-hybridized carbons (Fsp3) is 0.478. The number of ether oxygens (including phenoxy) is 2. The molecule has 2 heteroatoms. The highest BCUT2D eigenvalue weighted by atomic mass is 16.5. The summed E-state index contributed by atoms with van der Waals surface area (Å²) in [6, 6.07) is 13.0. The van der Waals surface area contributed by atoms with Crippen LogP contribution in [0.4, 0.5) is 0 Å². The Morgan fingerprint density at radius 2 is 1.48 bits per heavy atom. The predicted molar refractivity (Wildman–Crippen MR) is 101 cm³/mol. The topological polar surface area (TPSA) is 18.5 Å². The van der Waals surface area contributed by atoms with Crippen molar-refractivity contribution in [3.8, 4) is 5.75 Å². The normalized spacial score (nSPS) is 29.9. The van der Waals surface area contributed by atoms with Crippen molar-refractivity contribution in [1.29, 1.82) is 0 Å². The van der Waals surface area contributed by atoms with Crippen molar-refractivity contribution in [2.75, 3.05) is 14.2 Å². The summed E-state index contributed by atoms with van der Waals surface area (Å²) in [4.78, 5) is 0. The molecule has 4 fully saturated rings. The maximum atomic E-state index is 6.02. The molecule has 0 N–H and O–H groups in total. The lowest BCUT2D eigenvalue weighted by Crippen LogP contribution is -2.40. The van der Waals surface area contributed by atoms with Crippen LogP contribution in [0.1, 0.15) is 37.7 Å². The molecule has 4 aliphatic rings. The lowest BCUT2D eigenvalue weighted by atomic mass is 9.54. The Kier molecular flexibility index (Phi) is 3.55. The fourth-order valence-corrected chi connectivity index (χ4v) is 5.96. The molecule has 0 unspecified atom stereocenters. The Labute approximate surface area is 149 Å². The van der Waals surface area contributed by atoms with E-state index in [0.29, 0.717) is 0 Å². The van der Waals surface area contributed by atoms with E-state index in [1.807, 2.05) is 13.2 Å². The molecule has 0 spiro atoms. The van der Waals surface area contributed by atoms with Crippen molar-refractivity contribution < 1.29 is 9.47 Å². The van der Waals surface area contributed by atoms with E-state index in [2.05, 4.69) is 30.3 Å². The van der Waals surface area contributed by atoms with Crippen LogP contribution < -0.4 is 4.74 Å². The van der Waals surface area contributed by atoms with E-state index in [-0.39, 0.29) is 0 Å². The molecule has 2 nitrogen and oxygen atoms in total. The molecule has 0 aliphatic heterocycles. The number of rotatable bonds is 3. The predicted octanol–water partition coefficient (Wildman–Crippen LogP) is 5.66. The summed E-state index contributed by atoms with van der Waals surface area (Å²) in [5.41, 5.74) is 2.85. The van der Waals surface area contributed by atoms with Gasteiger partial charge in [0.2, 0.25) is 0 Å². The fourth-order valence-electron chi connectivity index (χ4n) is 5.96. The first-order chi connectivity index (χ1) is 12.2. The summed E-state index contributed by atoms with van der Waals surface area (Å²) in [6.07, 6.45) is 7.03. The van der Waals surface area contributed by atoms with Crippen LogP contribution in [0.25, 0.3) is 16.5 Å². The summed E-state index contributed by atoms with van der Waals surface area (Å²) in [7, 11) is 3.57. The summed E-state index contributed by atoms with van der Waals surface area (Å²) in [6.45, 7) is 0. The Bertz CT molecular complexity index is 818. The van der Waals surface area contributed by atoms with Crippen LogP contribution in [0.15, 0.2) is 42.0 Å². The van der Waals surface area contributed by atoms with Gasteiger partial charge in [-0.25, -0.2) is 0 Å². The molecule has 0 heterocycles. The lowest BCUT2D eigenvalue weighted by Gasteiger charge is -2.51. The van der Waals surface area contributed by atoms with E-state index in [1.54, 1.807) is 12.7 Å². The van der Waals surface area contributed by atoms with Crippen molar-refractivity contribution in [1.82, 2.24) is 0 Å². The molecule has 2 aromatic rings. The molecule has 0 atom stereocenters. The average molecular weight is 334 g/mol. The van der Waals surface area contributed by atoms with E-state index >= 15 is 0 Å². The number of fused-ring (bicyclic) bond motifs is 1. The molecule has 0 saturated heterocycles. The van der Waals surface area contributed by atoms with Crippen molar-refractivity contribution in [3.05, 3.63) is 47.5 Å². The third-order valence-electron chi connectivity index (χ3n) is 6.79. The first-order valence-corrected chi connectivity index (χ1v) is 9.61. The number of methoxy groups -OCH3 is 2. The van der Waals surface area contributed by atoms with Crippen LogP contribution in [0.3, 0.4) is 0 Å². The minimum Gasteiger partial charge on any atom is -0.497 e. The molecule has 25 heavy (non-hydrogen) atoms. The molecular weight excluding hydrogens is 308 g/mol. The summed E-state index contributed by atoms with van der Waals surface area (Å²) < 4.78 is 11.4. The van der Waals surface area contributed by atoms with Crippen LogP contribution >= 0.6 is 0 Å². The SMILES string of the molecule is COC(=C1C2CC3CC(C2)CC1C3)c1ccc2ccc(OC)cc2c1. The van der Waals surface area contributed by atoms with E-state index in [0.717, 1.165) is 35.2 Å². The summed E-state index contributed by atoms with van der Waals surface area (Å²) >= 11 is 0. The lowest BCUT2D eigenvalue weighted by molar-refractivity contribution is 0.0675. The Morgan fingerprint density at radius 3 is 2.12 bits per heavy atom. The summed E-state index contributed by atoms with van der Waals surface area (Å²) in [5, 5.41) is 2.46. The molecule has 130 valence electrons. The van der Waals surface area contributed by atoms with Crippen LogP contribution in [0.5, 0.6) is 5.75 Å².